The first-order chi connectivity index (χ1) is 16.8. The van der Waals surface area contributed by atoms with Gasteiger partial charge in [-0.05, 0) is 35.2 Å². The summed E-state index contributed by atoms with van der Waals surface area (Å²) in [6.45, 7) is 4.21. The number of phenols is 2. The van der Waals surface area contributed by atoms with Crippen molar-refractivity contribution in [2.45, 2.75) is 32.1 Å². The van der Waals surface area contributed by atoms with Crippen LogP contribution >= 0.6 is 0 Å². The first-order valence-corrected chi connectivity index (χ1v) is 11.3. The van der Waals surface area contributed by atoms with Crippen LogP contribution in [0.2, 0.25) is 0 Å². The Labute approximate surface area is 201 Å². The molecule has 4 aromatic rings. The molecule has 1 aliphatic rings. The Hall–Kier alpha value is -4.26. The topological polar surface area (TPSA) is 106 Å². The first kappa shape index (κ1) is 22.5. The zero-order valence-corrected chi connectivity index (χ0v) is 19.5. The minimum Gasteiger partial charge on any atom is -0.507 e. The molecule has 7 heteroatoms. The SMILES string of the molecule is COc1ccc(-c2cc(=O)c3c(O)cc4c(c3o2)C(c2ccc(C(C)C)cc2)CC(=O)O4)cc1O. The van der Waals surface area contributed by atoms with Crippen molar-refractivity contribution in [3.8, 4) is 34.3 Å². The molecule has 7 nitrogen and oxygen atoms in total. The number of ether oxygens (including phenoxy) is 2. The van der Waals surface area contributed by atoms with Gasteiger partial charge in [-0.25, -0.2) is 0 Å². The molecule has 1 unspecified atom stereocenters. The van der Waals surface area contributed by atoms with E-state index in [2.05, 4.69) is 13.8 Å². The smallest absolute Gasteiger partial charge is 0.312 e. The quantitative estimate of drug-likeness (QED) is 0.301. The number of methoxy groups -OCH3 is 1. The maximum absolute atomic E-state index is 13.1. The van der Waals surface area contributed by atoms with Crippen molar-refractivity contribution < 1.29 is 28.9 Å². The van der Waals surface area contributed by atoms with E-state index in [1.54, 1.807) is 12.1 Å². The van der Waals surface area contributed by atoms with E-state index in [1.165, 1.54) is 25.3 Å². The number of phenolic OH excluding ortho intramolecular Hbond substituents is 2. The summed E-state index contributed by atoms with van der Waals surface area (Å²) in [5.41, 5.74) is 2.69. The molecule has 0 fully saturated rings. The second-order valence-electron chi connectivity index (χ2n) is 8.93. The highest BCUT2D eigenvalue weighted by atomic mass is 16.5. The predicted molar refractivity (Wildman–Crippen MR) is 130 cm³/mol. The lowest BCUT2D eigenvalue weighted by molar-refractivity contribution is -0.135. The van der Waals surface area contributed by atoms with Crippen molar-refractivity contribution >= 4 is 16.9 Å². The second kappa shape index (κ2) is 8.51. The maximum atomic E-state index is 13.1. The Bertz CT molecular complexity index is 1510. The van der Waals surface area contributed by atoms with Crippen LogP contribution in [0.25, 0.3) is 22.3 Å². The van der Waals surface area contributed by atoms with Crippen LogP contribution in [0.4, 0.5) is 0 Å². The molecular formula is C28H24O7. The van der Waals surface area contributed by atoms with Crippen LogP contribution in [-0.4, -0.2) is 23.3 Å². The molecule has 0 aliphatic carbocycles. The lowest BCUT2D eigenvalue weighted by Gasteiger charge is -2.26. The summed E-state index contributed by atoms with van der Waals surface area (Å²) in [5.74, 6) is -0.328. The van der Waals surface area contributed by atoms with Crippen LogP contribution in [0, 0.1) is 0 Å². The molecule has 178 valence electrons. The number of rotatable bonds is 4. The van der Waals surface area contributed by atoms with Gasteiger partial charge in [-0.15, -0.1) is 0 Å². The summed E-state index contributed by atoms with van der Waals surface area (Å²) in [6, 6.07) is 15.2. The second-order valence-corrected chi connectivity index (χ2v) is 8.93. The van der Waals surface area contributed by atoms with E-state index >= 15 is 0 Å². The Balaban J connectivity index is 1.75. The van der Waals surface area contributed by atoms with Gasteiger partial charge in [0.25, 0.3) is 0 Å². The van der Waals surface area contributed by atoms with Crippen LogP contribution in [0.15, 0.2) is 63.8 Å². The molecule has 35 heavy (non-hydrogen) atoms. The van der Waals surface area contributed by atoms with Gasteiger partial charge in [0.1, 0.15) is 28.2 Å². The summed E-state index contributed by atoms with van der Waals surface area (Å²) in [6.07, 6.45) is 0.0607. The largest absolute Gasteiger partial charge is 0.507 e. The molecule has 0 spiro atoms. The van der Waals surface area contributed by atoms with Crippen LogP contribution in [0.3, 0.4) is 0 Å². The van der Waals surface area contributed by atoms with E-state index in [9.17, 15) is 19.8 Å². The molecule has 2 N–H and O–H groups in total. The fraction of sp³-hybridized carbons (Fsp3) is 0.214. The molecule has 2 heterocycles. The van der Waals surface area contributed by atoms with Crippen molar-refractivity contribution in [3.63, 3.8) is 0 Å². The third-order valence-corrected chi connectivity index (χ3v) is 6.39. The average Bonchev–Trinajstić information content (AvgIpc) is 2.83. The van der Waals surface area contributed by atoms with Crippen LogP contribution in [-0.2, 0) is 4.79 Å². The van der Waals surface area contributed by atoms with Gasteiger partial charge in [-0.1, -0.05) is 38.1 Å². The van der Waals surface area contributed by atoms with Crippen molar-refractivity contribution in [2.75, 3.05) is 7.11 Å². The molecule has 0 saturated carbocycles. The number of aromatic hydroxyl groups is 2. The lowest BCUT2D eigenvalue weighted by Crippen LogP contribution is -2.22. The van der Waals surface area contributed by atoms with Gasteiger partial charge in [0, 0.05) is 29.2 Å². The summed E-state index contributed by atoms with van der Waals surface area (Å²) in [5, 5.41) is 20.8. The zero-order chi connectivity index (χ0) is 24.9. The maximum Gasteiger partial charge on any atom is 0.312 e. The number of hydrogen-bond acceptors (Lipinski definition) is 7. The van der Waals surface area contributed by atoms with Gasteiger partial charge in [0.15, 0.2) is 16.9 Å². The minimum absolute atomic E-state index is 0.00647. The fourth-order valence-electron chi connectivity index (χ4n) is 4.54. The minimum atomic E-state index is -0.456. The fourth-order valence-corrected chi connectivity index (χ4v) is 4.54. The van der Waals surface area contributed by atoms with Gasteiger partial charge in [-0.2, -0.15) is 0 Å². The van der Waals surface area contributed by atoms with Crippen LogP contribution < -0.4 is 14.9 Å². The molecule has 1 aliphatic heterocycles. The Kier molecular flexibility index (Phi) is 5.47. The summed E-state index contributed by atoms with van der Waals surface area (Å²) in [4.78, 5) is 25.5. The van der Waals surface area contributed by atoms with Crippen molar-refractivity contribution in [3.05, 3.63) is 81.5 Å². The van der Waals surface area contributed by atoms with Crippen molar-refractivity contribution in [2.24, 2.45) is 0 Å². The summed E-state index contributed by atoms with van der Waals surface area (Å²) in [7, 11) is 1.44. The zero-order valence-electron chi connectivity index (χ0n) is 19.5. The highest BCUT2D eigenvalue weighted by molar-refractivity contribution is 5.93. The van der Waals surface area contributed by atoms with Gasteiger partial charge < -0.3 is 24.1 Å². The lowest BCUT2D eigenvalue weighted by atomic mass is 9.84. The number of carbonyl (C=O) groups is 1. The highest BCUT2D eigenvalue weighted by Crippen LogP contribution is 2.46. The summed E-state index contributed by atoms with van der Waals surface area (Å²) >= 11 is 0. The van der Waals surface area contributed by atoms with Gasteiger partial charge >= 0.3 is 5.97 Å². The molecule has 0 amide bonds. The third-order valence-electron chi connectivity index (χ3n) is 6.39. The number of esters is 1. The highest BCUT2D eigenvalue weighted by Gasteiger charge is 2.33. The standard InChI is InChI=1S/C28H24O7/c1-14(2)15-4-6-16(7-5-15)18-11-25(32)34-24-13-21(31)27-20(30)12-23(35-28(27)26(18)24)17-8-9-22(33-3)19(29)10-17/h4-10,12-14,18,29,31H,11H2,1-3H3. The molecule has 0 bridgehead atoms. The molecular weight excluding hydrogens is 448 g/mol. The van der Waals surface area contributed by atoms with Crippen LogP contribution in [0.5, 0.6) is 23.0 Å². The Morgan fingerprint density at radius 1 is 0.971 bits per heavy atom. The number of fused-ring (bicyclic) bond motifs is 3. The number of carbonyl (C=O) groups excluding carboxylic acids is 1. The normalized spacial score (nSPS) is 15.2. The molecule has 0 radical (unpaired) electrons. The predicted octanol–water partition coefficient (Wildman–Crippen LogP) is 5.44. The van der Waals surface area contributed by atoms with E-state index in [0.717, 1.165) is 11.1 Å². The first-order valence-electron chi connectivity index (χ1n) is 11.3. The van der Waals surface area contributed by atoms with E-state index in [4.69, 9.17) is 13.9 Å². The van der Waals surface area contributed by atoms with Gasteiger partial charge in [0.2, 0.25) is 0 Å². The molecule has 3 aromatic carbocycles. The summed E-state index contributed by atoms with van der Waals surface area (Å²) < 4.78 is 16.7. The number of hydrogen-bond donors (Lipinski definition) is 2. The molecule has 5 rings (SSSR count). The monoisotopic (exact) mass is 472 g/mol. The van der Waals surface area contributed by atoms with E-state index < -0.39 is 17.3 Å². The van der Waals surface area contributed by atoms with Gasteiger partial charge in [-0.3, -0.25) is 9.59 Å². The van der Waals surface area contributed by atoms with Crippen molar-refractivity contribution in [1.82, 2.24) is 0 Å². The molecule has 0 saturated heterocycles. The van der Waals surface area contributed by atoms with E-state index in [1.807, 2.05) is 24.3 Å². The van der Waals surface area contributed by atoms with Crippen LogP contribution in [0.1, 0.15) is 48.8 Å². The average molecular weight is 472 g/mol. The molecule has 1 atom stereocenters. The third kappa shape index (κ3) is 3.89. The Morgan fingerprint density at radius 2 is 1.71 bits per heavy atom. The Morgan fingerprint density at radius 3 is 2.37 bits per heavy atom. The van der Waals surface area contributed by atoms with Gasteiger partial charge in [0.05, 0.1) is 13.5 Å². The molecule has 1 aromatic heterocycles. The number of benzene rings is 3. The van der Waals surface area contributed by atoms with E-state index in [-0.39, 0.29) is 46.1 Å². The van der Waals surface area contributed by atoms with Crippen molar-refractivity contribution in [1.29, 1.82) is 0 Å². The van der Waals surface area contributed by atoms with E-state index in [0.29, 0.717) is 17.0 Å².